The molecule has 0 bridgehead atoms. The van der Waals surface area contributed by atoms with Gasteiger partial charge in [-0.1, -0.05) is 16.8 Å². The van der Waals surface area contributed by atoms with Crippen molar-refractivity contribution in [3.8, 4) is 0 Å². The minimum atomic E-state index is -0.359. The molecule has 1 fully saturated rings. The number of piperidine rings is 1. The van der Waals surface area contributed by atoms with Crippen LogP contribution >= 0.6 is 11.6 Å². The van der Waals surface area contributed by atoms with Crippen LogP contribution in [0.4, 0.5) is 5.69 Å². The number of nitrogens with zero attached hydrogens (tertiary/aromatic N) is 2. The molecule has 1 aliphatic rings. The van der Waals surface area contributed by atoms with Crippen LogP contribution in [-0.2, 0) is 0 Å². The van der Waals surface area contributed by atoms with Gasteiger partial charge in [0.2, 0.25) is 0 Å². The van der Waals surface area contributed by atoms with Gasteiger partial charge in [0.05, 0.1) is 16.9 Å². The number of hydrogen-bond donors (Lipinski definition) is 1. The van der Waals surface area contributed by atoms with Gasteiger partial charge < -0.3 is 14.7 Å². The van der Waals surface area contributed by atoms with E-state index in [4.69, 9.17) is 16.1 Å². The number of benzene rings is 1. The van der Waals surface area contributed by atoms with Crippen molar-refractivity contribution < 1.29 is 14.1 Å². The topological polar surface area (TPSA) is 75.4 Å². The first-order valence-electron chi connectivity index (χ1n) is 9.16. The van der Waals surface area contributed by atoms with Gasteiger partial charge in [-0.05, 0) is 65.2 Å². The van der Waals surface area contributed by atoms with Gasteiger partial charge in [0.1, 0.15) is 11.3 Å². The number of halogens is 1. The minimum absolute atomic E-state index is 0.119. The van der Waals surface area contributed by atoms with Crippen molar-refractivity contribution in [3.63, 3.8) is 0 Å². The lowest BCUT2D eigenvalue weighted by Crippen LogP contribution is -2.47. The van der Waals surface area contributed by atoms with Crippen molar-refractivity contribution in [2.75, 3.05) is 5.32 Å². The van der Waals surface area contributed by atoms with Crippen LogP contribution in [-0.4, -0.2) is 34.0 Å². The Balaban J connectivity index is 1.94. The number of likely N-dealkylation sites (tertiary alicyclic amines) is 1. The third-order valence-electron chi connectivity index (χ3n) is 5.15. The van der Waals surface area contributed by atoms with Crippen molar-refractivity contribution in [3.05, 3.63) is 45.8 Å². The Bertz CT molecular complexity index is 848. The van der Waals surface area contributed by atoms with Crippen LogP contribution in [0.5, 0.6) is 0 Å². The largest absolute Gasteiger partial charge is 0.361 e. The molecule has 1 aromatic heterocycles. The number of amides is 2. The normalized spacial score (nSPS) is 19.8. The molecule has 1 aliphatic heterocycles. The van der Waals surface area contributed by atoms with Crippen LogP contribution in [0.3, 0.4) is 0 Å². The highest BCUT2D eigenvalue weighted by atomic mass is 35.5. The molecule has 1 N–H and O–H groups in total. The first-order chi connectivity index (χ1) is 12.8. The molecule has 0 unspecified atom stereocenters. The maximum Gasteiger partial charge on any atom is 0.261 e. The maximum absolute atomic E-state index is 13.3. The summed E-state index contributed by atoms with van der Waals surface area (Å²) in [5.74, 6) is -0.0428. The molecule has 1 saturated heterocycles. The molecule has 2 heterocycles. The Morgan fingerprint density at radius 3 is 2.48 bits per heavy atom. The second-order valence-corrected chi connectivity index (χ2v) is 7.62. The Morgan fingerprint density at radius 1 is 1.22 bits per heavy atom. The molecule has 1 aromatic carbocycles. The average Bonchev–Trinajstić information content (AvgIpc) is 2.94. The van der Waals surface area contributed by atoms with E-state index in [1.807, 2.05) is 4.90 Å². The summed E-state index contributed by atoms with van der Waals surface area (Å²) in [6.45, 7) is 7.50. The molecule has 6 nitrogen and oxygen atoms in total. The predicted molar refractivity (Wildman–Crippen MR) is 104 cm³/mol. The second kappa shape index (κ2) is 7.72. The summed E-state index contributed by atoms with van der Waals surface area (Å²) in [4.78, 5) is 27.9. The van der Waals surface area contributed by atoms with Gasteiger partial charge in [-0.25, -0.2) is 0 Å². The number of aryl methyl sites for hydroxylation is 2. The molecular weight excluding hydrogens is 366 g/mol. The quantitative estimate of drug-likeness (QED) is 0.832. The fourth-order valence-corrected chi connectivity index (χ4v) is 3.93. The molecule has 7 heteroatoms. The van der Waals surface area contributed by atoms with Crippen LogP contribution in [0, 0.1) is 13.8 Å². The molecule has 2 amide bonds. The Hall–Kier alpha value is -2.34. The Morgan fingerprint density at radius 2 is 1.89 bits per heavy atom. The van der Waals surface area contributed by atoms with E-state index in [1.54, 1.807) is 32.0 Å². The maximum atomic E-state index is 13.3. The molecule has 0 saturated carbocycles. The van der Waals surface area contributed by atoms with Gasteiger partial charge in [0.25, 0.3) is 11.8 Å². The van der Waals surface area contributed by atoms with Crippen molar-refractivity contribution in [2.45, 2.75) is 59.0 Å². The number of carbonyl (C=O) groups is 2. The number of carbonyl (C=O) groups excluding carboxylic acids is 2. The van der Waals surface area contributed by atoms with E-state index in [0.717, 1.165) is 19.3 Å². The summed E-state index contributed by atoms with van der Waals surface area (Å²) >= 11 is 6.15. The lowest BCUT2D eigenvalue weighted by Gasteiger charge is -2.39. The number of rotatable bonds is 3. The number of hydrogen-bond acceptors (Lipinski definition) is 4. The molecule has 0 radical (unpaired) electrons. The smallest absolute Gasteiger partial charge is 0.261 e. The summed E-state index contributed by atoms with van der Waals surface area (Å²) in [6, 6.07) is 5.22. The summed E-state index contributed by atoms with van der Waals surface area (Å²) in [5.41, 5.74) is 1.70. The molecule has 0 spiro atoms. The summed E-state index contributed by atoms with van der Waals surface area (Å²) < 4.78 is 5.07. The zero-order chi connectivity index (χ0) is 19.7. The van der Waals surface area contributed by atoms with Crippen LogP contribution < -0.4 is 5.32 Å². The zero-order valence-electron chi connectivity index (χ0n) is 16.0. The highest BCUT2D eigenvalue weighted by molar-refractivity contribution is 6.31. The average molecular weight is 390 g/mol. The van der Waals surface area contributed by atoms with Crippen molar-refractivity contribution in [1.82, 2.24) is 10.1 Å². The van der Waals surface area contributed by atoms with Crippen LogP contribution in [0.25, 0.3) is 0 Å². The third-order valence-corrected chi connectivity index (χ3v) is 5.38. The molecule has 2 aromatic rings. The van der Waals surface area contributed by atoms with Gasteiger partial charge in [-0.2, -0.15) is 0 Å². The van der Waals surface area contributed by atoms with E-state index >= 15 is 0 Å². The monoisotopic (exact) mass is 389 g/mol. The molecule has 27 heavy (non-hydrogen) atoms. The van der Waals surface area contributed by atoms with E-state index in [2.05, 4.69) is 24.3 Å². The highest BCUT2D eigenvalue weighted by Gasteiger charge is 2.31. The first kappa shape index (κ1) is 19.4. The fraction of sp³-hybridized carbons (Fsp3) is 0.450. The predicted octanol–water partition coefficient (Wildman–Crippen LogP) is 4.60. The van der Waals surface area contributed by atoms with Gasteiger partial charge in [-0.3, -0.25) is 9.59 Å². The lowest BCUT2D eigenvalue weighted by molar-refractivity contribution is 0.0512. The SMILES string of the molecule is Cc1noc(C)c1C(=O)Nc1ccc(Cl)cc1C(=O)N1[C@@H](C)CCC[C@@H]1C. The Labute approximate surface area is 163 Å². The van der Waals surface area contributed by atoms with Crippen molar-refractivity contribution >= 4 is 29.1 Å². The lowest BCUT2D eigenvalue weighted by atomic mass is 9.96. The van der Waals surface area contributed by atoms with E-state index < -0.39 is 0 Å². The summed E-state index contributed by atoms with van der Waals surface area (Å²) in [6.07, 6.45) is 3.05. The standard InChI is InChI=1S/C20H24ClN3O3/c1-11-6-5-7-12(2)24(11)20(26)16-10-15(21)8-9-17(16)22-19(25)18-13(3)23-27-14(18)4/h8-12H,5-7H2,1-4H3,(H,22,25)/t11-,12-/m0/s1. The molecular formula is C20H24ClN3O3. The van der Waals surface area contributed by atoms with Crippen LogP contribution in [0.15, 0.2) is 22.7 Å². The van der Waals surface area contributed by atoms with E-state index in [-0.39, 0.29) is 23.9 Å². The molecule has 2 atom stereocenters. The third kappa shape index (κ3) is 3.86. The summed E-state index contributed by atoms with van der Waals surface area (Å²) in [7, 11) is 0. The van der Waals surface area contributed by atoms with Gasteiger partial charge in [-0.15, -0.1) is 0 Å². The van der Waals surface area contributed by atoms with Gasteiger partial charge >= 0.3 is 0 Å². The summed E-state index contributed by atoms with van der Waals surface area (Å²) in [5, 5.41) is 7.09. The zero-order valence-corrected chi connectivity index (χ0v) is 16.8. The van der Waals surface area contributed by atoms with Gasteiger partial charge in [0, 0.05) is 17.1 Å². The van der Waals surface area contributed by atoms with Crippen molar-refractivity contribution in [1.29, 1.82) is 0 Å². The van der Waals surface area contributed by atoms with E-state index in [0.29, 0.717) is 33.3 Å². The van der Waals surface area contributed by atoms with Gasteiger partial charge in [0.15, 0.2) is 0 Å². The highest BCUT2D eigenvalue weighted by Crippen LogP contribution is 2.29. The number of anilines is 1. The van der Waals surface area contributed by atoms with E-state index in [9.17, 15) is 9.59 Å². The second-order valence-electron chi connectivity index (χ2n) is 7.18. The Kier molecular flexibility index (Phi) is 5.56. The van der Waals surface area contributed by atoms with Crippen LogP contribution in [0.2, 0.25) is 5.02 Å². The minimum Gasteiger partial charge on any atom is -0.361 e. The van der Waals surface area contributed by atoms with Crippen LogP contribution in [0.1, 0.15) is 65.3 Å². The van der Waals surface area contributed by atoms with E-state index in [1.165, 1.54) is 0 Å². The van der Waals surface area contributed by atoms with Crippen molar-refractivity contribution in [2.24, 2.45) is 0 Å². The number of nitrogens with one attached hydrogen (secondary N) is 1. The molecule has 144 valence electrons. The molecule has 0 aliphatic carbocycles. The molecule has 3 rings (SSSR count). The number of aromatic nitrogens is 1. The first-order valence-corrected chi connectivity index (χ1v) is 9.53. The fourth-order valence-electron chi connectivity index (χ4n) is 3.76.